The molecule has 0 unspecified atom stereocenters. The van der Waals surface area contributed by atoms with Gasteiger partial charge in [-0.25, -0.2) is 31.8 Å². The van der Waals surface area contributed by atoms with Crippen LogP contribution in [0.25, 0.3) is 28.3 Å². The number of hydrogen-bond donors (Lipinski definition) is 0. The first-order chi connectivity index (χ1) is 19.0. The summed E-state index contributed by atoms with van der Waals surface area (Å²) in [6.45, 7) is 1.33. The van der Waals surface area contributed by atoms with E-state index >= 15 is 0 Å². The monoisotopic (exact) mass is 617 g/mol. The second kappa shape index (κ2) is 9.27. The zero-order chi connectivity index (χ0) is 30.1. The predicted molar refractivity (Wildman–Crippen MR) is 132 cm³/mol. The molecular weight excluding hydrogens is 600 g/mol. The Balaban J connectivity index is 1.76. The minimum atomic E-state index is -4.98. The summed E-state index contributed by atoms with van der Waals surface area (Å²) in [5, 5.41) is -0.441. The van der Waals surface area contributed by atoms with Crippen LogP contribution in [0.15, 0.2) is 69.7 Å². The van der Waals surface area contributed by atoms with Crippen LogP contribution in [0.4, 0.5) is 26.3 Å². The number of alkyl halides is 6. The Morgan fingerprint density at radius 1 is 0.902 bits per heavy atom. The first-order valence-electron chi connectivity index (χ1n) is 11.5. The molecule has 4 aromatic heterocycles. The van der Waals surface area contributed by atoms with E-state index in [-0.39, 0.29) is 28.3 Å². The fourth-order valence-corrected chi connectivity index (χ4v) is 6.90. The van der Waals surface area contributed by atoms with Gasteiger partial charge < -0.3 is 4.57 Å². The maximum absolute atomic E-state index is 13.6. The van der Waals surface area contributed by atoms with Gasteiger partial charge >= 0.3 is 12.4 Å². The molecule has 0 spiro atoms. The van der Waals surface area contributed by atoms with Crippen molar-refractivity contribution in [2.75, 3.05) is 5.75 Å². The largest absolute Gasteiger partial charge is 0.417 e. The lowest BCUT2D eigenvalue weighted by molar-refractivity contribution is -0.140. The van der Waals surface area contributed by atoms with Gasteiger partial charge in [0.2, 0.25) is 9.84 Å². The number of hydrogen-bond acceptors (Lipinski definition) is 7. The maximum Gasteiger partial charge on any atom is 0.417 e. The van der Waals surface area contributed by atoms with Crippen molar-refractivity contribution in [1.82, 2.24) is 23.9 Å². The molecule has 41 heavy (non-hydrogen) atoms. The Hall–Kier alpha value is -3.99. The molecule has 0 saturated heterocycles. The van der Waals surface area contributed by atoms with E-state index < -0.39 is 63.7 Å². The Labute approximate surface area is 227 Å². The molecule has 0 aliphatic carbocycles. The Bertz CT molecular complexity index is 2060. The van der Waals surface area contributed by atoms with Gasteiger partial charge in [0.05, 0.1) is 26.7 Å². The third-order valence-corrected chi connectivity index (χ3v) is 9.82. The van der Waals surface area contributed by atoms with E-state index in [2.05, 4.69) is 15.0 Å². The van der Waals surface area contributed by atoms with Crippen LogP contribution in [0.1, 0.15) is 18.1 Å². The molecule has 0 fully saturated rings. The van der Waals surface area contributed by atoms with E-state index in [1.165, 1.54) is 18.5 Å². The quantitative estimate of drug-likeness (QED) is 0.257. The lowest BCUT2D eigenvalue weighted by atomic mass is 10.2. The third-order valence-electron chi connectivity index (χ3n) is 6.27. The van der Waals surface area contributed by atoms with Gasteiger partial charge in [-0.1, -0.05) is 19.1 Å². The minimum Gasteiger partial charge on any atom is -0.310 e. The van der Waals surface area contributed by atoms with E-state index in [1.54, 1.807) is 0 Å². The van der Waals surface area contributed by atoms with Crippen molar-refractivity contribution < 1.29 is 43.2 Å². The molecule has 0 N–H and O–H groups in total. The highest BCUT2D eigenvalue weighted by molar-refractivity contribution is 7.91. The molecule has 1 aromatic carbocycles. The summed E-state index contributed by atoms with van der Waals surface area (Å²) in [5.41, 5.74) is -3.28. The topological polar surface area (TPSA) is 116 Å². The number of fused-ring (bicyclic) bond motifs is 2. The second-order valence-electron chi connectivity index (χ2n) is 8.82. The lowest BCUT2D eigenvalue weighted by Gasteiger charge is -2.13. The second-order valence-corrected chi connectivity index (χ2v) is 12.9. The average Bonchev–Trinajstić information content (AvgIpc) is 3.45. The summed E-state index contributed by atoms with van der Waals surface area (Å²) in [6, 6.07) is 6.16. The van der Waals surface area contributed by atoms with Crippen molar-refractivity contribution in [3.8, 4) is 11.5 Å². The van der Waals surface area contributed by atoms with Crippen LogP contribution in [-0.2, 0) is 39.1 Å². The third kappa shape index (κ3) is 4.71. The van der Waals surface area contributed by atoms with Gasteiger partial charge in [-0.3, -0.25) is 4.40 Å². The zero-order valence-corrected chi connectivity index (χ0v) is 22.5. The van der Waals surface area contributed by atoms with E-state index in [4.69, 9.17) is 0 Å². The first-order valence-corrected chi connectivity index (χ1v) is 14.7. The summed E-state index contributed by atoms with van der Waals surface area (Å²) in [4.78, 5) is 10.5. The summed E-state index contributed by atoms with van der Waals surface area (Å²) < 4.78 is 135. The number of halogens is 6. The van der Waals surface area contributed by atoms with E-state index in [1.807, 2.05) is 0 Å². The fourth-order valence-electron chi connectivity index (χ4n) is 4.26. The molecular formula is C24H17F6N5O4S2. The Morgan fingerprint density at radius 3 is 2.22 bits per heavy atom. The van der Waals surface area contributed by atoms with Gasteiger partial charge in [0, 0.05) is 25.5 Å². The van der Waals surface area contributed by atoms with Gasteiger partial charge in [0.25, 0.3) is 0 Å². The van der Waals surface area contributed by atoms with Crippen LogP contribution in [0.5, 0.6) is 0 Å². The number of aryl methyl sites for hydroxylation is 1. The van der Waals surface area contributed by atoms with Crippen LogP contribution < -0.4 is 0 Å². The summed E-state index contributed by atoms with van der Waals surface area (Å²) in [6.07, 6.45) is -8.07. The van der Waals surface area contributed by atoms with Gasteiger partial charge in [-0.2, -0.15) is 26.3 Å². The summed E-state index contributed by atoms with van der Waals surface area (Å²) in [5.74, 6) is -0.623. The van der Waals surface area contributed by atoms with Gasteiger partial charge in [0.1, 0.15) is 16.9 Å². The molecule has 4 heterocycles. The fraction of sp³-hybridized carbons (Fsp3) is 0.208. The molecule has 0 aliphatic rings. The van der Waals surface area contributed by atoms with Crippen molar-refractivity contribution in [3.63, 3.8) is 0 Å². The van der Waals surface area contributed by atoms with Crippen molar-refractivity contribution >= 4 is 36.5 Å². The number of rotatable bonds is 5. The molecule has 0 bridgehead atoms. The maximum atomic E-state index is 13.6. The van der Waals surface area contributed by atoms with Gasteiger partial charge in [-0.15, -0.1) is 0 Å². The van der Waals surface area contributed by atoms with Crippen molar-refractivity contribution in [3.05, 3.63) is 66.0 Å². The Kier molecular flexibility index (Phi) is 6.45. The van der Waals surface area contributed by atoms with Crippen LogP contribution >= 0.6 is 0 Å². The predicted octanol–water partition coefficient (Wildman–Crippen LogP) is 4.95. The highest BCUT2D eigenvalue weighted by Gasteiger charge is 2.38. The van der Waals surface area contributed by atoms with E-state index in [0.717, 1.165) is 47.0 Å². The number of nitrogens with zero attached hydrogens (tertiary/aromatic N) is 5. The van der Waals surface area contributed by atoms with Crippen molar-refractivity contribution in [1.29, 1.82) is 0 Å². The zero-order valence-electron chi connectivity index (χ0n) is 20.9. The molecule has 5 aromatic rings. The number of pyridine rings is 2. The molecule has 216 valence electrons. The summed E-state index contributed by atoms with van der Waals surface area (Å²) in [7, 11) is -7.51. The molecule has 17 heteroatoms. The molecule has 5 rings (SSSR count). The highest BCUT2D eigenvalue weighted by atomic mass is 32.2. The minimum absolute atomic E-state index is 0.0167. The van der Waals surface area contributed by atoms with Crippen LogP contribution in [0, 0.1) is 0 Å². The van der Waals surface area contributed by atoms with Crippen molar-refractivity contribution in [2.45, 2.75) is 34.1 Å². The van der Waals surface area contributed by atoms with Crippen LogP contribution in [0.3, 0.4) is 0 Å². The molecule has 0 saturated carbocycles. The number of aromatic nitrogens is 5. The number of benzene rings is 1. The molecule has 0 aliphatic heterocycles. The van der Waals surface area contributed by atoms with E-state index in [9.17, 15) is 43.2 Å². The van der Waals surface area contributed by atoms with Crippen molar-refractivity contribution in [2.24, 2.45) is 7.05 Å². The average molecular weight is 618 g/mol. The molecule has 0 radical (unpaired) electrons. The molecule has 0 atom stereocenters. The smallest absolute Gasteiger partial charge is 0.310 e. The molecule has 0 amide bonds. The van der Waals surface area contributed by atoms with Crippen LogP contribution in [-0.4, -0.2) is 46.5 Å². The summed E-state index contributed by atoms with van der Waals surface area (Å²) >= 11 is 0. The standard InChI is InChI=1S/C24H17F6N5O4S2/c1-3-40(36,37)22-19(21-32-16-10-13(23(25,26)27)12-31-20(16)34(21)2)33-18-11-14(8-9-35(18)22)41(38,39)17-7-5-4-6-15(17)24(28,29)30/h4-12H,3H2,1-2H3. The number of sulfone groups is 2. The molecule has 9 nitrogen and oxygen atoms in total. The highest BCUT2D eigenvalue weighted by Crippen LogP contribution is 2.38. The van der Waals surface area contributed by atoms with Crippen LogP contribution in [0.2, 0.25) is 0 Å². The van der Waals surface area contributed by atoms with E-state index in [0.29, 0.717) is 12.3 Å². The first kappa shape index (κ1) is 28.5. The lowest BCUT2D eigenvalue weighted by Crippen LogP contribution is -2.14. The Morgan fingerprint density at radius 2 is 1.59 bits per heavy atom. The SMILES string of the molecule is CCS(=O)(=O)c1c(-c2nc3cc(C(F)(F)F)cnc3n2C)nc2cc(S(=O)(=O)c3ccccc3C(F)(F)F)ccn12. The van der Waals surface area contributed by atoms with Gasteiger partial charge in [0.15, 0.2) is 26.3 Å². The normalized spacial score (nSPS) is 13.4. The van der Waals surface area contributed by atoms with Gasteiger partial charge in [-0.05, 0) is 24.3 Å². The number of imidazole rings is 2.